The number of rotatable bonds is 5. The number of nitrogens with zero attached hydrogens (tertiary/aromatic N) is 1. The van der Waals surface area contributed by atoms with Gasteiger partial charge in [0.2, 0.25) is 0 Å². The third kappa shape index (κ3) is 3.41. The zero-order valence-corrected chi connectivity index (χ0v) is 9.68. The number of H-pyrrole nitrogens is 1. The molecular weight excluding hydrogens is 214 g/mol. The fourth-order valence-corrected chi connectivity index (χ4v) is 1.64. The molecule has 3 nitrogen and oxygen atoms in total. The Morgan fingerprint density at radius 3 is 2.56 bits per heavy atom. The monoisotopic (exact) mass is 230 g/mol. The number of likely N-dealkylation sites (N-methyl/N-ethyl adjacent to an activating group) is 1. The highest BCUT2D eigenvalue weighted by Gasteiger charge is 2.15. The first-order valence-electron chi connectivity index (χ1n) is 5.06. The van der Waals surface area contributed by atoms with Crippen molar-refractivity contribution in [2.45, 2.75) is 20.3 Å². The average Bonchev–Trinajstić information content (AvgIpc) is 2.43. The van der Waals surface area contributed by atoms with E-state index in [0.717, 1.165) is 11.4 Å². The number of aromatic amines is 1. The summed E-state index contributed by atoms with van der Waals surface area (Å²) in [4.78, 5) is 16.1. The largest absolute Gasteiger partial charge is 0.362 e. The van der Waals surface area contributed by atoms with E-state index in [0.29, 0.717) is 5.56 Å². The van der Waals surface area contributed by atoms with Crippen LogP contribution in [0.3, 0.4) is 0 Å². The number of nitrogens with one attached hydrogen (secondary N) is 1. The lowest BCUT2D eigenvalue weighted by Crippen LogP contribution is -2.30. The molecule has 0 saturated carbocycles. The van der Waals surface area contributed by atoms with E-state index in [1.165, 1.54) is 11.9 Å². The smallest absolute Gasteiger partial charge is 0.251 e. The fraction of sp³-hybridized carbons (Fsp3) is 0.545. The summed E-state index contributed by atoms with van der Waals surface area (Å²) in [5, 5.41) is 0. The number of carbonyl (C=O) groups excluding carboxylic acids is 1. The van der Waals surface area contributed by atoms with E-state index in [1.807, 2.05) is 6.92 Å². The Balaban J connectivity index is 2.62. The maximum absolute atomic E-state index is 12.1. The van der Waals surface area contributed by atoms with Crippen LogP contribution in [0.5, 0.6) is 0 Å². The number of ketones is 1. The second kappa shape index (κ2) is 5.21. The van der Waals surface area contributed by atoms with Gasteiger partial charge in [0.1, 0.15) is 0 Å². The van der Waals surface area contributed by atoms with Crippen molar-refractivity contribution < 1.29 is 13.6 Å². The summed E-state index contributed by atoms with van der Waals surface area (Å²) >= 11 is 0. The van der Waals surface area contributed by atoms with Gasteiger partial charge in [-0.1, -0.05) is 0 Å². The molecule has 0 atom stereocenters. The summed E-state index contributed by atoms with van der Waals surface area (Å²) in [6.45, 7) is 3.29. The van der Waals surface area contributed by atoms with Crippen LogP contribution in [-0.2, 0) is 0 Å². The van der Waals surface area contributed by atoms with Gasteiger partial charge < -0.3 is 4.98 Å². The first kappa shape index (κ1) is 12.8. The van der Waals surface area contributed by atoms with Crippen LogP contribution in [0.4, 0.5) is 8.78 Å². The molecular formula is C11H16F2N2O. The molecule has 0 unspecified atom stereocenters. The average molecular weight is 230 g/mol. The normalized spacial score (nSPS) is 11.4. The maximum atomic E-state index is 12.1. The molecule has 0 aromatic carbocycles. The lowest BCUT2D eigenvalue weighted by Gasteiger charge is -2.14. The predicted molar refractivity (Wildman–Crippen MR) is 58.1 cm³/mol. The standard InChI is InChI=1S/C11H16F2N2O/c1-7-4-9(8(2)14-7)10(16)5-15(3)6-11(12)13/h4,11,14H,5-6H2,1-3H3. The van der Waals surface area contributed by atoms with Gasteiger partial charge in [-0.25, -0.2) is 8.78 Å². The van der Waals surface area contributed by atoms with Gasteiger partial charge in [-0.2, -0.15) is 0 Å². The van der Waals surface area contributed by atoms with Crippen LogP contribution in [-0.4, -0.2) is 42.2 Å². The molecule has 0 aliphatic carbocycles. The molecule has 0 fully saturated rings. The van der Waals surface area contributed by atoms with Crippen LogP contribution in [0.2, 0.25) is 0 Å². The Kier molecular flexibility index (Phi) is 4.18. The van der Waals surface area contributed by atoms with Crippen molar-refractivity contribution in [2.75, 3.05) is 20.1 Å². The lowest BCUT2D eigenvalue weighted by molar-refractivity contribution is 0.0819. The molecule has 5 heteroatoms. The van der Waals surface area contributed by atoms with Crippen molar-refractivity contribution in [3.63, 3.8) is 0 Å². The summed E-state index contributed by atoms with van der Waals surface area (Å²) in [6, 6.07) is 1.74. The molecule has 1 aromatic rings. The van der Waals surface area contributed by atoms with Crippen LogP contribution < -0.4 is 0 Å². The zero-order chi connectivity index (χ0) is 12.3. The van der Waals surface area contributed by atoms with Crippen molar-refractivity contribution in [1.29, 1.82) is 0 Å². The summed E-state index contributed by atoms with van der Waals surface area (Å²) in [5.41, 5.74) is 2.27. The van der Waals surface area contributed by atoms with Crippen LogP contribution in [0.25, 0.3) is 0 Å². The molecule has 0 aliphatic heterocycles. The Morgan fingerprint density at radius 1 is 1.50 bits per heavy atom. The quantitative estimate of drug-likeness (QED) is 0.785. The Hall–Kier alpha value is -1.23. The number of hydrogen-bond acceptors (Lipinski definition) is 2. The number of alkyl halides is 2. The van der Waals surface area contributed by atoms with Crippen molar-refractivity contribution in [2.24, 2.45) is 0 Å². The molecule has 0 radical (unpaired) electrons. The molecule has 0 spiro atoms. The van der Waals surface area contributed by atoms with Crippen LogP contribution >= 0.6 is 0 Å². The number of hydrogen-bond donors (Lipinski definition) is 1. The van der Waals surface area contributed by atoms with Crippen LogP contribution in [0.15, 0.2) is 6.07 Å². The van der Waals surface area contributed by atoms with Gasteiger partial charge in [0.25, 0.3) is 6.43 Å². The summed E-state index contributed by atoms with van der Waals surface area (Å²) in [6.07, 6.45) is -2.41. The SMILES string of the molecule is Cc1cc(C(=O)CN(C)CC(F)F)c(C)[nH]1. The van der Waals surface area contributed by atoms with E-state index in [1.54, 1.807) is 13.0 Å². The number of Topliss-reactive ketones (excluding diaryl/α,β-unsaturated/α-hetero) is 1. The third-order valence-electron chi connectivity index (χ3n) is 2.31. The van der Waals surface area contributed by atoms with Gasteiger partial charge >= 0.3 is 0 Å². The summed E-state index contributed by atoms with van der Waals surface area (Å²) in [5.74, 6) is -0.134. The van der Waals surface area contributed by atoms with Crippen molar-refractivity contribution in [3.8, 4) is 0 Å². The van der Waals surface area contributed by atoms with Gasteiger partial charge in [0.05, 0.1) is 13.1 Å². The Morgan fingerprint density at radius 2 is 2.12 bits per heavy atom. The minimum absolute atomic E-state index is 0.0163. The molecule has 1 heterocycles. The van der Waals surface area contributed by atoms with Gasteiger partial charge in [-0.15, -0.1) is 0 Å². The molecule has 1 N–H and O–H groups in total. The second-order valence-corrected chi connectivity index (χ2v) is 4.00. The number of aromatic nitrogens is 1. The predicted octanol–water partition coefficient (Wildman–Crippen LogP) is 2.01. The van der Waals surface area contributed by atoms with E-state index in [-0.39, 0.29) is 18.9 Å². The number of halogens is 2. The van der Waals surface area contributed by atoms with Crippen molar-refractivity contribution >= 4 is 5.78 Å². The Bertz CT molecular complexity index is 374. The Labute approximate surface area is 93.4 Å². The fourth-order valence-electron chi connectivity index (χ4n) is 1.64. The highest BCUT2D eigenvalue weighted by molar-refractivity contribution is 5.98. The lowest BCUT2D eigenvalue weighted by atomic mass is 10.1. The number of carbonyl (C=O) groups is 1. The minimum atomic E-state index is -2.41. The number of aryl methyl sites for hydroxylation is 2. The molecule has 16 heavy (non-hydrogen) atoms. The summed E-state index contributed by atoms with van der Waals surface area (Å²) < 4.78 is 24.1. The third-order valence-corrected chi connectivity index (χ3v) is 2.31. The van der Waals surface area contributed by atoms with Crippen molar-refractivity contribution in [1.82, 2.24) is 9.88 Å². The molecule has 0 bridgehead atoms. The molecule has 1 rings (SSSR count). The minimum Gasteiger partial charge on any atom is -0.362 e. The maximum Gasteiger partial charge on any atom is 0.251 e. The highest BCUT2D eigenvalue weighted by atomic mass is 19.3. The highest BCUT2D eigenvalue weighted by Crippen LogP contribution is 2.10. The van der Waals surface area contributed by atoms with Gasteiger partial charge in [0.15, 0.2) is 5.78 Å². The van der Waals surface area contributed by atoms with Crippen molar-refractivity contribution in [3.05, 3.63) is 23.0 Å². The molecule has 0 aliphatic rings. The van der Waals surface area contributed by atoms with E-state index < -0.39 is 6.43 Å². The zero-order valence-electron chi connectivity index (χ0n) is 9.68. The van der Waals surface area contributed by atoms with Gasteiger partial charge in [-0.3, -0.25) is 9.69 Å². The molecule has 1 aromatic heterocycles. The van der Waals surface area contributed by atoms with E-state index in [2.05, 4.69) is 4.98 Å². The molecule has 90 valence electrons. The van der Waals surface area contributed by atoms with E-state index >= 15 is 0 Å². The first-order chi connectivity index (χ1) is 7.40. The topological polar surface area (TPSA) is 36.1 Å². The molecule has 0 amide bonds. The second-order valence-electron chi connectivity index (χ2n) is 4.00. The van der Waals surface area contributed by atoms with E-state index in [9.17, 15) is 13.6 Å². The summed E-state index contributed by atoms with van der Waals surface area (Å²) in [7, 11) is 1.51. The first-order valence-corrected chi connectivity index (χ1v) is 5.06. The van der Waals surface area contributed by atoms with E-state index in [4.69, 9.17) is 0 Å². The molecule has 0 saturated heterocycles. The van der Waals surface area contributed by atoms with Gasteiger partial charge in [0, 0.05) is 17.0 Å². The van der Waals surface area contributed by atoms with Crippen LogP contribution in [0.1, 0.15) is 21.7 Å². The van der Waals surface area contributed by atoms with Gasteiger partial charge in [-0.05, 0) is 27.0 Å². The van der Waals surface area contributed by atoms with Crippen LogP contribution in [0, 0.1) is 13.8 Å².